The van der Waals surface area contributed by atoms with E-state index in [1.807, 2.05) is 13.8 Å². The van der Waals surface area contributed by atoms with Crippen LogP contribution in [0.3, 0.4) is 0 Å². The van der Waals surface area contributed by atoms with E-state index < -0.39 is 0 Å². The average molecular weight is 371 g/mol. The van der Waals surface area contributed by atoms with Crippen LogP contribution in [0.1, 0.15) is 105 Å². The first kappa shape index (κ1) is 24.9. The molecule has 154 valence electrons. The van der Waals surface area contributed by atoms with Crippen LogP contribution in [-0.2, 0) is 19.1 Å². The van der Waals surface area contributed by atoms with Gasteiger partial charge in [0.25, 0.3) is 0 Å². The summed E-state index contributed by atoms with van der Waals surface area (Å²) in [6, 6.07) is 0. The van der Waals surface area contributed by atoms with Gasteiger partial charge in [0.05, 0.1) is 25.0 Å². The lowest BCUT2D eigenvalue weighted by atomic mass is 10.00. The van der Waals surface area contributed by atoms with E-state index in [0.717, 1.165) is 77.0 Å². The van der Waals surface area contributed by atoms with Gasteiger partial charge in [-0.1, -0.05) is 53.4 Å². The fourth-order valence-electron chi connectivity index (χ4n) is 3.02. The van der Waals surface area contributed by atoms with Crippen molar-refractivity contribution in [1.82, 2.24) is 0 Å². The minimum Gasteiger partial charge on any atom is -0.465 e. The topological polar surface area (TPSA) is 52.6 Å². The van der Waals surface area contributed by atoms with Crippen LogP contribution in [0.15, 0.2) is 0 Å². The first-order chi connectivity index (χ1) is 12.6. The Bertz CT molecular complexity index is 320. The highest BCUT2D eigenvalue weighted by molar-refractivity contribution is 5.72. The molecule has 0 bridgehead atoms. The number of carbonyl (C=O) groups is 2. The van der Waals surface area contributed by atoms with Crippen LogP contribution in [0, 0.1) is 11.8 Å². The minimum absolute atomic E-state index is 0.0347. The van der Waals surface area contributed by atoms with Gasteiger partial charge in [0.1, 0.15) is 0 Å². The molecule has 0 rings (SSSR count). The van der Waals surface area contributed by atoms with Gasteiger partial charge in [0, 0.05) is 0 Å². The Hall–Kier alpha value is -1.06. The molecule has 2 unspecified atom stereocenters. The van der Waals surface area contributed by atoms with Gasteiger partial charge in [-0.05, 0) is 51.4 Å². The molecule has 4 heteroatoms. The Labute approximate surface area is 161 Å². The van der Waals surface area contributed by atoms with Crippen LogP contribution in [0.4, 0.5) is 0 Å². The van der Waals surface area contributed by atoms with E-state index >= 15 is 0 Å². The second kappa shape index (κ2) is 17.4. The minimum atomic E-state index is -0.0347. The largest absolute Gasteiger partial charge is 0.465 e. The maximum absolute atomic E-state index is 12.0. The predicted molar refractivity (Wildman–Crippen MR) is 107 cm³/mol. The fourth-order valence-corrected chi connectivity index (χ4v) is 3.02. The van der Waals surface area contributed by atoms with Crippen molar-refractivity contribution >= 4 is 11.9 Å². The van der Waals surface area contributed by atoms with Crippen molar-refractivity contribution in [2.45, 2.75) is 105 Å². The molecule has 2 atom stereocenters. The summed E-state index contributed by atoms with van der Waals surface area (Å²) in [5, 5.41) is 0. The van der Waals surface area contributed by atoms with Crippen molar-refractivity contribution < 1.29 is 19.1 Å². The smallest absolute Gasteiger partial charge is 0.308 e. The van der Waals surface area contributed by atoms with Crippen molar-refractivity contribution in [3.8, 4) is 0 Å². The molecule has 0 saturated carbocycles. The van der Waals surface area contributed by atoms with E-state index in [0.29, 0.717) is 13.2 Å². The van der Waals surface area contributed by atoms with Crippen molar-refractivity contribution in [3.05, 3.63) is 0 Å². The third-order valence-electron chi connectivity index (χ3n) is 4.99. The van der Waals surface area contributed by atoms with E-state index in [1.54, 1.807) is 0 Å². The highest BCUT2D eigenvalue weighted by Crippen LogP contribution is 2.16. The number of ether oxygens (including phenoxy) is 2. The lowest BCUT2D eigenvalue weighted by Gasteiger charge is -2.14. The van der Waals surface area contributed by atoms with Crippen LogP contribution < -0.4 is 0 Å². The monoisotopic (exact) mass is 370 g/mol. The molecule has 0 N–H and O–H groups in total. The number of esters is 2. The zero-order chi connectivity index (χ0) is 19.6. The molecule has 0 radical (unpaired) electrons. The van der Waals surface area contributed by atoms with Crippen LogP contribution in [0.5, 0.6) is 0 Å². The second-order valence-electron chi connectivity index (χ2n) is 7.24. The molecule has 0 heterocycles. The van der Waals surface area contributed by atoms with Gasteiger partial charge >= 0.3 is 11.9 Å². The lowest BCUT2D eigenvalue weighted by Crippen LogP contribution is -2.18. The maximum Gasteiger partial charge on any atom is 0.308 e. The summed E-state index contributed by atoms with van der Waals surface area (Å²) in [6.07, 6.45) is 11.8. The lowest BCUT2D eigenvalue weighted by molar-refractivity contribution is -0.150. The standard InChI is InChI=1S/C22H42O4/c1-5-9-15-19(7-3)21(23)25-17-13-11-12-14-18-26-22(24)20(8-4)16-10-6-2/h19-20H,5-18H2,1-4H3. The SMILES string of the molecule is CCCCC(CC)C(=O)OCCCCCCOC(=O)C(CC)CCCC. The van der Waals surface area contributed by atoms with Crippen LogP contribution in [0.2, 0.25) is 0 Å². The number of rotatable bonds is 17. The quantitative estimate of drug-likeness (QED) is 0.230. The Morgan fingerprint density at radius 1 is 0.615 bits per heavy atom. The highest BCUT2D eigenvalue weighted by atomic mass is 16.5. The van der Waals surface area contributed by atoms with E-state index in [2.05, 4.69) is 13.8 Å². The van der Waals surface area contributed by atoms with Crippen molar-refractivity contribution in [1.29, 1.82) is 0 Å². The average Bonchev–Trinajstić information content (AvgIpc) is 2.65. The van der Waals surface area contributed by atoms with Gasteiger partial charge in [0.2, 0.25) is 0 Å². The van der Waals surface area contributed by atoms with E-state index in [-0.39, 0.29) is 23.8 Å². The third kappa shape index (κ3) is 12.3. The van der Waals surface area contributed by atoms with Crippen LogP contribution in [0.25, 0.3) is 0 Å². The number of unbranched alkanes of at least 4 members (excludes halogenated alkanes) is 5. The third-order valence-corrected chi connectivity index (χ3v) is 4.99. The van der Waals surface area contributed by atoms with E-state index in [1.165, 1.54) is 0 Å². The second-order valence-corrected chi connectivity index (χ2v) is 7.24. The summed E-state index contributed by atoms with van der Waals surface area (Å²) in [4.78, 5) is 24.0. The molecule has 0 aliphatic carbocycles. The van der Waals surface area contributed by atoms with Gasteiger partial charge in [-0.15, -0.1) is 0 Å². The fraction of sp³-hybridized carbons (Fsp3) is 0.909. The highest BCUT2D eigenvalue weighted by Gasteiger charge is 2.17. The zero-order valence-corrected chi connectivity index (χ0v) is 17.7. The van der Waals surface area contributed by atoms with E-state index in [9.17, 15) is 9.59 Å². The van der Waals surface area contributed by atoms with Crippen molar-refractivity contribution in [2.75, 3.05) is 13.2 Å². The maximum atomic E-state index is 12.0. The first-order valence-corrected chi connectivity index (χ1v) is 10.9. The molecule has 0 aromatic heterocycles. The van der Waals surface area contributed by atoms with Gasteiger partial charge in [-0.25, -0.2) is 0 Å². The van der Waals surface area contributed by atoms with Crippen molar-refractivity contribution in [2.24, 2.45) is 11.8 Å². The van der Waals surface area contributed by atoms with Gasteiger partial charge < -0.3 is 9.47 Å². The number of hydrogen-bond acceptors (Lipinski definition) is 4. The number of hydrogen-bond donors (Lipinski definition) is 0. The molecule has 0 spiro atoms. The van der Waals surface area contributed by atoms with Gasteiger partial charge in [-0.2, -0.15) is 0 Å². The summed E-state index contributed by atoms with van der Waals surface area (Å²) < 4.78 is 10.8. The summed E-state index contributed by atoms with van der Waals surface area (Å²) in [5.41, 5.74) is 0. The Kier molecular flexibility index (Phi) is 16.7. The Morgan fingerprint density at radius 3 is 1.31 bits per heavy atom. The summed E-state index contributed by atoms with van der Waals surface area (Å²) in [7, 11) is 0. The Morgan fingerprint density at radius 2 is 1.00 bits per heavy atom. The molecule has 0 aromatic carbocycles. The van der Waals surface area contributed by atoms with Gasteiger partial charge in [0.15, 0.2) is 0 Å². The van der Waals surface area contributed by atoms with Gasteiger partial charge in [-0.3, -0.25) is 9.59 Å². The zero-order valence-electron chi connectivity index (χ0n) is 17.7. The molecule has 0 aliphatic rings. The molecular weight excluding hydrogens is 328 g/mol. The molecule has 0 fully saturated rings. The predicted octanol–water partition coefficient (Wildman–Crippen LogP) is 6.07. The molecule has 26 heavy (non-hydrogen) atoms. The van der Waals surface area contributed by atoms with Crippen LogP contribution >= 0.6 is 0 Å². The van der Waals surface area contributed by atoms with Crippen molar-refractivity contribution in [3.63, 3.8) is 0 Å². The molecule has 0 amide bonds. The number of carbonyl (C=O) groups excluding carboxylic acids is 2. The normalized spacial score (nSPS) is 13.2. The molecule has 0 aromatic rings. The molecular formula is C22H42O4. The molecule has 0 aliphatic heterocycles. The molecule has 0 saturated heterocycles. The summed E-state index contributed by atoms with van der Waals surface area (Å²) in [6.45, 7) is 9.40. The van der Waals surface area contributed by atoms with Crippen LogP contribution in [-0.4, -0.2) is 25.2 Å². The van der Waals surface area contributed by atoms with E-state index in [4.69, 9.17) is 9.47 Å². The molecule has 4 nitrogen and oxygen atoms in total. The summed E-state index contributed by atoms with van der Waals surface area (Å²) in [5.74, 6) is 0.0577. The Balaban J connectivity index is 3.66. The first-order valence-electron chi connectivity index (χ1n) is 10.9. The summed E-state index contributed by atoms with van der Waals surface area (Å²) >= 11 is 0.